The molecule has 0 aromatic carbocycles. The summed E-state index contributed by atoms with van der Waals surface area (Å²) in [5.74, 6) is -0.536. The van der Waals surface area contributed by atoms with Crippen LogP contribution in [0.2, 0.25) is 0 Å². The number of carbonyl (C=O) groups is 1. The molecule has 0 bridgehead atoms. The first-order chi connectivity index (χ1) is 9.12. The van der Waals surface area contributed by atoms with Crippen molar-refractivity contribution in [3.05, 3.63) is 11.4 Å². The largest absolute Gasteiger partial charge is 0.350 e. The quantitative estimate of drug-likeness (QED) is 0.719. The van der Waals surface area contributed by atoms with Crippen molar-refractivity contribution in [3.63, 3.8) is 0 Å². The zero-order valence-electron chi connectivity index (χ0n) is 12.3. The van der Waals surface area contributed by atoms with Crippen LogP contribution in [0, 0.1) is 5.41 Å². The van der Waals surface area contributed by atoms with Crippen molar-refractivity contribution in [2.75, 3.05) is 6.54 Å². The third-order valence-electron chi connectivity index (χ3n) is 3.33. The predicted octanol–water partition coefficient (Wildman–Crippen LogP) is 0.785. The maximum absolute atomic E-state index is 12.1. The van der Waals surface area contributed by atoms with Gasteiger partial charge in [0.2, 0.25) is 10.0 Å². The minimum atomic E-state index is -3.99. The molecule has 0 aliphatic rings. The number of carbonyl (C=O) groups excluding carboxylic acids is 1. The Hall–Kier alpha value is -1.41. The first-order valence-corrected chi connectivity index (χ1v) is 8.05. The average Bonchev–Trinajstić information content (AvgIpc) is 2.79. The Balaban J connectivity index is 3.03. The molecule has 114 valence electrons. The highest BCUT2D eigenvalue weighted by molar-refractivity contribution is 7.89. The molecule has 0 saturated heterocycles. The number of aromatic nitrogens is 2. The summed E-state index contributed by atoms with van der Waals surface area (Å²) in [6.45, 7) is 8.22. The molecule has 0 atom stereocenters. The number of sulfonamides is 1. The summed E-state index contributed by atoms with van der Waals surface area (Å²) in [7, 11) is -3.99. The van der Waals surface area contributed by atoms with Crippen molar-refractivity contribution in [1.82, 2.24) is 15.5 Å². The summed E-state index contributed by atoms with van der Waals surface area (Å²) in [5.41, 5.74) is 0.102. The van der Waals surface area contributed by atoms with Gasteiger partial charge in [0.1, 0.15) is 4.90 Å². The van der Waals surface area contributed by atoms with Crippen LogP contribution in [-0.4, -0.2) is 31.1 Å². The van der Waals surface area contributed by atoms with Gasteiger partial charge in [0, 0.05) is 6.54 Å². The van der Waals surface area contributed by atoms with E-state index in [0.29, 0.717) is 18.7 Å². The van der Waals surface area contributed by atoms with Crippen molar-refractivity contribution in [2.24, 2.45) is 10.6 Å². The monoisotopic (exact) mass is 302 g/mol. The standard InChI is InChI=1S/C12H22N4O3S/c1-5-8-10(20(13,18)19)9(16-15-8)11(17)14-7-12(3,4)6-2/h5-7H2,1-4H3,(H,14,17)(H,15,16)(H2,13,18,19). The van der Waals surface area contributed by atoms with Gasteiger partial charge in [0.25, 0.3) is 5.91 Å². The number of primary sulfonamides is 1. The van der Waals surface area contributed by atoms with Gasteiger partial charge in [-0.2, -0.15) is 5.10 Å². The molecule has 0 saturated carbocycles. The van der Waals surface area contributed by atoms with Crippen molar-refractivity contribution in [3.8, 4) is 0 Å². The highest BCUT2D eigenvalue weighted by Crippen LogP contribution is 2.20. The lowest BCUT2D eigenvalue weighted by atomic mass is 9.90. The van der Waals surface area contributed by atoms with E-state index >= 15 is 0 Å². The maximum Gasteiger partial charge on any atom is 0.273 e. The van der Waals surface area contributed by atoms with Crippen LogP contribution in [0.3, 0.4) is 0 Å². The van der Waals surface area contributed by atoms with E-state index in [-0.39, 0.29) is 16.0 Å². The van der Waals surface area contributed by atoms with Gasteiger partial charge in [-0.1, -0.05) is 27.7 Å². The number of hydrogen-bond donors (Lipinski definition) is 3. The lowest BCUT2D eigenvalue weighted by Gasteiger charge is -2.22. The summed E-state index contributed by atoms with van der Waals surface area (Å²) in [6.07, 6.45) is 1.28. The Morgan fingerprint density at radius 3 is 2.45 bits per heavy atom. The van der Waals surface area contributed by atoms with Crippen LogP contribution in [0.5, 0.6) is 0 Å². The van der Waals surface area contributed by atoms with Gasteiger partial charge in [0.15, 0.2) is 5.69 Å². The van der Waals surface area contributed by atoms with Crippen LogP contribution in [0.15, 0.2) is 4.90 Å². The van der Waals surface area contributed by atoms with E-state index in [1.165, 1.54) is 0 Å². The number of aryl methyl sites for hydroxylation is 1. The third-order valence-corrected chi connectivity index (χ3v) is 4.34. The molecule has 1 heterocycles. The first-order valence-electron chi connectivity index (χ1n) is 6.50. The Morgan fingerprint density at radius 2 is 2.00 bits per heavy atom. The van der Waals surface area contributed by atoms with E-state index < -0.39 is 15.9 Å². The average molecular weight is 302 g/mol. The molecule has 0 spiro atoms. The van der Waals surface area contributed by atoms with Crippen molar-refractivity contribution < 1.29 is 13.2 Å². The number of hydrogen-bond acceptors (Lipinski definition) is 4. The van der Waals surface area contributed by atoms with Gasteiger partial charge in [-0.05, 0) is 18.3 Å². The summed E-state index contributed by atoms with van der Waals surface area (Å²) >= 11 is 0. The molecule has 0 radical (unpaired) electrons. The van der Waals surface area contributed by atoms with E-state index in [4.69, 9.17) is 5.14 Å². The number of aromatic amines is 1. The van der Waals surface area contributed by atoms with Crippen LogP contribution >= 0.6 is 0 Å². The zero-order valence-corrected chi connectivity index (χ0v) is 13.1. The van der Waals surface area contributed by atoms with E-state index in [1.54, 1.807) is 6.92 Å². The molecule has 20 heavy (non-hydrogen) atoms. The minimum absolute atomic E-state index is 0.0681. The van der Waals surface area contributed by atoms with E-state index in [9.17, 15) is 13.2 Å². The predicted molar refractivity (Wildman–Crippen MR) is 75.7 cm³/mol. The third kappa shape index (κ3) is 3.80. The number of amides is 1. The lowest BCUT2D eigenvalue weighted by Crippen LogP contribution is -2.34. The fraction of sp³-hybridized carbons (Fsp3) is 0.667. The number of nitrogens with zero attached hydrogens (tertiary/aromatic N) is 1. The normalized spacial score (nSPS) is 12.4. The topological polar surface area (TPSA) is 118 Å². The molecule has 7 nitrogen and oxygen atoms in total. The molecule has 0 unspecified atom stereocenters. The SMILES string of the molecule is CCc1[nH]nc(C(=O)NCC(C)(C)CC)c1S(N)(=O)=O. The molecule has 0 fully saturated rings. The maximum atomic E-state index is 12.1. The van der Waals surface area contributed by atoms with Gasteiger partial charge in [0.05, 0.1) is 5.69 Å². The number of nitrogens with one attached hydrogen (secondary N) is 2. The summed E-state index contributed by atoms with van der Waals surface area (Å²) in [6, 6.07) is 0. The minimum Gasteiger partial charge on any atom is -0.350 e. The summed E-state index contributed by atoms with van der Waals surface area (Å²) in [5, 5.41) is 14.2. The number of rotatable bonds is 6. The second-order valence-electron chi connectivity index (χ2n) is 5.48. The smallest absolute Gasteiger partial charge is 0.273 e. The van der Waals surface area contributed by atoms with Crippen molar-refractivity contribution >= 4 is 15.9 Å². The Morgan fingerprint density at radius 1 is 1.40 bits per heavy atom. The van der Waals surface area contributed by atoms with E-state index in [0.717, 1.165) is 6.42 Å². The zero-order chi connectivity index (χ0) is 15.6. The highest BCUT2D eigenvalue weighted by atomic mass is 32.2. The molecule has 1 rings (SSSR count). The Labute approximate surface area is 119 Å². The van der Waals surface area contributed by atoms with Crippen LogP contribution in [-0.2, 0) is 16.4 Å². The molecule has 1 aromatic heterocycles. The lowest BCUT2D eigenvalue weighted by molar-refractivity contribution is 0.0927. The van der Waals surface area contributed by atoms with Gasteiger partial charge in [-0.15, -0.1) is 0 Å². The molecule has 8 heteroatoms. The summed E-state index contributed by atoms with van der Waals surface area (Å²) in [4.78, 5) is 11.9. The molecule has 1 aromatic rings. The van der Waals surface area contributed by atoms with Crippen LogP contribution in [0.1, 0.15) is 50.3 Å². The van der Waals surface area contributed by atoms with Gasteiger partial charge >= 0.3 is 0 Å². The second-order valence-corrected chi connectivity index (χ2v) is 6.98. The molecular formula is C12H22N4O3S. The van der Waals surface area contributed by atoms with Gasteiger partial charge in [-0.3, -0.25) is 9.89 Å². The fourth-order valence-corrected chi connectivity index (χ4v) is 2.54. The number of nitrogens with two attached hydrogens (primary N) is 1. The van der Waals surface area contributed by atoms with Crippen molar-refractivity contribution in [2.45, 2.75) is 45.4 Å². The number of H-pyrrole nitrogens is 1. The first kappa shape index (κ1) is 16.6. The highest BCUT2D eigenvalue weighted by Gasteiger charge is 2.27. The molecule has 1 amide bonds. The molecule has 4 N–H and O–H groups in total. The fourth-order valence-electron chi connectivity index (χ4n) is 1.60. The molecule has 0 aliphatic heterocycles. The van der Waals surface area contributed by atoms with Crippen LogP contribution < -0.4 is 10.5 Å². The van der Waals surface area contributed by atoms with E-state index in [1.807, 2.05) is 20.8 Å². The van der Waals surface area contributed by atoms with Gasteiger partial charge in [-0.25, -0.2) is 13.6 Å². The molecular weight excluding hydrogens is 280 g/mol. The molecule has 0 aliphatic carbocycles. The second kappa shape index (κ2) is 5.92. The van der Waals surface area contributed by atoms with Crippen molar-refractivity contribution in [1.29, 1.82) is 0 Å². The van der Waals surface area contributed by atoms with E-state index in [2.05, 4.69) is 15.5 Å². The summed E-state index contributed by atoms with van der Waals surface area (Å²) < 4.78 is 23.2. The Bertz CT molecular complexity index is 590. The van der Waals surface area contributed by atoms with Crippen LogP contribution in [0.25, 0.3) is 0 Å². The van der Waals surface area contributed by atoms with Gasteiger partial charge < -0.3 is 5.32 Å². The Kier molecular flexibility index (Phi) is 4.93. The van der Waals surface area contributed by atoms with Crippen LogP contribution in [0.4, 0.5) is 0 Å².